The third-order valence-electron chi connectivity index (χ3n) is 2.25. The van der Waals surface area contributed by atoms with Crippen molar-refractivity contribution in [3.05, 3.63) is 6.33 Å². The second-order valence-corrected chi connectivity index (χ2v) is 6.00. The fourth-order valence-corrected chi connectivity index (χ4v) is 1.78. The highest BCUT2D eigenvalue weighted by Gasteiger charge is 2.19. The van der Waals surface area contributed by atoms with Crippen LogP contribution in [0.1, 0.15) is 34.6 Å². The molecule has 0 saturated heterocycles. The summed E-state index contributed by atoms with van der Waals surface area (Å²) >= 11 is 0. The van der Waals surface area contributed by atoms with Crippen LogP contribution in [-0.2, 0) is 0 Å². The Morgan fingerprint density at radius 3 is 2.44 bits per heavy atom. The highest BCUT2D eigenvalue weighted by Crippen LogP contribution is 2.29. The smallest absolute Gasteiger partial charge is 0.242 e. The van der Waals surface area contributed by atoms with Crippen LogP contribution >= 0.6 is 0 Å². The number of hydrogen-bond acceptors (Lipinski definition) is 5. The maximum absolute atomic E-state index is 6.06. The van der Waals surface area contributed by atoms with Gasteiger partial charge in [0.1, 0.15) is 12.0 Å². The number of nitrogen functional groups attached to an aromatic ring is 1. The van der Waals surface area contributed by atoms with Crippen LogP contribution in [0.5, 0.6) is 5.88 Å². The zero-order valence-corrected chi connectivity index (χ0v) is 12.2. The fourth-order valence-electron chi connectivity index (χ4n) is 1.78. The zero-order chi connectivity index (χ0) is 13.9. The van der Waals surface area contributed by atoms with Crippen molar-refractivity contribution in [3.63, 3.8) is 0 Å². The first kappa shape index (κ1) is 14.5. The van der Waals surface area contributed by atoms with Gasteiger partial charge in [0.25, 0.3) is 0 Å². The number of hydrogen-bond donors (Lipinski definition) is 1. The zero-order valence-electron chi connectivity index (χ0n) is 12.2. The molecule has 1 rings (SSSR count). The molecule has 5 nitrogen and oxygen atoms in total. The first-order chi connectivity index (χ1) is 8.20. The van der Waals surface area contributed by atoms with E-state index in [1.165, 1.54) is 6.33 Å². The lowest BCUT2D eigenvalue weighted by Gasteiger charge is -2.28. The summed E-state index contributed by atoms with van der Waals surface area (Å²) in [6.07, 6.45) is 1.53. The minimum atomic E-state index is 0.0444. The second kappa shape index (κ2) is 5.42. The van der Waals surface area contributed by atoms with E-state index in [4.69, 9.17) is 10.5 Å². The van der Waals surface area contributed by atoms with E-state index in [9.17, 15) is 0 Å². The van der Waals surface area contributed by atoms with Gasteiger partial charge in [-0.05, 0) is 19.3 Å². The van der Waals surface area contributed by atoms with E-state index in [0.717, 1.165) is 12.4 Å². The molecular formula is C13H24N4O. The molecular weight excluding hydrogens is 228 g/mol. The van der Waals surface area contributed by atoms with E-state index in [2.05, 4.69) is 30.7 Å². The Labute approximate surface area is 109 Å². The standard InChI is InChI=1S/C13H24N4O/c1-9(2)18-12-10(14)11(15-8-16-12)17(6)7-13(3,4)5/h8-9H,7,14H2,1-6H3. The van der Waals surface area contributed by atoms with Gasteiger partial charge in [-0.3, -0.25) is 0 Å². The summed E-state index contributed by atoms with van der Waals surface area (Å²) in [4.78, 5) is 10.3. The van der Waals surface area contributed by atoms with E-state index in [-0.39, 0.29) is 11.5 Å². The lowest BCUT2D eigenvalue weighted by molar-refractivity contribution is 0.234. The largest absolute Gasteiger partial charge is 0.473 e. The van der Waals surface area contributed by atoms with Crippen LogP contribution in [0.4, 0.5) is 11.5 Å². The summed E-state index contributed by atoms with van der Waals surface area (Å²) < 4.78 is 5.56. The van der Waals surface area contributed by atoms with Gasteiger partial charge in [0.15, 0.2) is 5.82 Å². The number of nitrogens with two attached hydrogens (primary N) is 1. The van der Waals surface area contributed by atoms with Crippen LogP contribution in [0.2, 0.25) is 0 Å². The molecule has 0 aliphatic carbocycles. The SMILES string of the molecule is CC(C)Oc1ncnc(N(C)CC(C)(C)C)c1N. The number of nitrogens with zero attached hydrogens (tertiary/aromatic N) is 3. The normalized spacial score (nSPS) is 11.7. The minimum absolute atomic E-state index is 0.0444. The number of anilines is 2. The molecule has 0 aliphatic rings. The van der Waals surface area contributed by atoms with E-state index < -0.39 is 0 Å². The third-order valence-corrected chi connectivity index (χ3v) is 2.25. The van der Waals surface area contributed by atoms with Crippen molar-refractivity contribution in [3.8, 4) is 5.88 Å². The minimum Gasteiger partial charge on any atom is -0.473 e. The van der Waals surface area contributed by atoms with Crippen molar-refractivity contribution in [1.82, 2.24) is 9.97 Å². The second-order valence-electron chi connectivity index (χ2n) is 6.00. The highest BCUT2D eigenvalue weighted by atomic mass is 16.5. The molecule has 1 aromatic rings. The quantitative estimate of drug-likeness (QED) is 0.891. The van der Waals surface area contributed by atoms with Crippen molar-refractivity contribution in [2.75, 3.05) is 24.2 Å². The molecule has 5 heteroatoms. The molecule has 102 valence electrons. The summed E-state index contributed by atoms with van der Waals surface area (Å²) in [5.41, 5.74) is 6.73. The lowest BCUT2D eigenvalue weighted by Crippen LogP contribution is -2.30. The van der Waals surface area contributed by atoms with Crippen LogP contribution in [0.3, 0.4) is 0 Å². The lowest BCUT2D eigenvalue weighted by atomic mass is 9.96. The Hall–Kier alpha value is -1.52. The average molecular weight is 252 g/mol. The molecule has 2 N–H and O–H groups in total. The maximum atomic E-state index is 6.06. The van der Waals surface area contributed by atoms with E-state index in [1.54, 1.807) is 0 Å². The van der Waals surface area contributed by atoms with Crippen LogP contribution in [-0.4, -0.2) is 29.7 Å². The van der Waals surface area contributed by atoms with Gasteiger partial charge in [-0.15, -0.1) is 0 Å². The number of ether oxygens (including phenoxy) is 1. The summed E-state index contributed by atoms with van der Waals surface area (Å²) in [5, 5.41) is 0. The Morgan fingerprint density at radius 2 is 1.94 bits per heavy atom. The molecule has 0 aromatic carbocycles. The van der Waals surface area contributed by atoms with Crippen LogP contribution in [0, 0.1) is 5.41 Å². The average Bonchev–Trinajstić information content (AvgIpc) is 2.17. The molecule has 0 fully saturated rings. The van der Waals surface area contributed by atoms with Gasteiger partial charge in [0.05, 0.1) is 6.10 Å². The summed E-state index contributed by atoms with van der Waals surface area (Å²) in [6.45, 7) is 11.3. The molecule has 0 radical (unpaired) electrons. The summed E-state index contributed by atoms with van der Waals surface area (Å²) in [5.74, 6) is 1.17. The molecule has 1 aromatic heterocycles. The monoisotopic (exact) mass is 252 g/mol. The molecule has 0 bridgehead atoms. The molecule has 18 heavy (non-hydrogen) atoms. The predicted molar refractivity (Wildman–Crippen MR) is 74.9 cm³/mol. The van der Waals surface area contributed by atoms with Gasteiger partial charge in [0, 0.05) is 13.6 Å². The Bertz CT molecular complexity index is 398. The topological polar surface area (TPSA) is 64.3 Å². The third kappa shape index (κ3) is 4.05. The summed E-state index contributed by atoms with van der Waals surface area (Å²) in [7, 11) is 1.98. The molecule has 0 unspecified atom stereocenters. The van der Waals surface area contributed by atoms with Crippen LogP contribution < -0.4 is 15.4 Å². The Morgan fingerprint density at radius 1 is 1.33 bits per heavy atom. The molecule has 0 atom stereocenters. The van der Waals surface area contributed by atoms with Crippen molar-refractivity contribution < 1.29 is 4.74 Å². The van der Waals surface area contributed by atoms with Crippen molar-refractivity contribution in [2.45, 2.75) is 40.7 Å². The van der Waals surface area contributed by atoms with Gasteiger partial charge in [-0.1, -0.05) is 20.8 Å². The van der Waals surface area contributed by atoms with Crippen molar-refractivity contribution in [1.29, 1.82) is 0 Å². The number of rotatable bonds is 4. The van der Waals surface area contributed by atoms with Crippen molar-refractivity contribution >= 4 is 11.5 Å². The van der Waals surface area contributed by atoms with E-state index >= 15 is 0 Å². The Balaban J connectivity index is 2.96. The van der Waals surface area contributed by atoms with Gasteiger partial charge in [-0.2, -0.15) is 4.98 Å². The van der Waals surface area contributed by atoms with E-state index in [1.807, 2.05) is 25.8 Å². The first-order valence-electron chi connectivity index (χ1n) is 6.19. The molecule has 0 amide bonds. The van der Waals surface area contributed by atoms with Crippen LogP contribution in [0.25, 0.3) is 0 Å². The predicted octanol–water partition coefficient (Wildman–Crippen LogP) is 2.33. The molecule has 0 spiro atoms. The molecule has 0 aliphatic heterocycles. The fraction of sp³-hybridized carbons (Fsp3) is 0.692. The highest BCUT2D eigenvalue weighted by molar-refractivity contribution is 5.67. The molecule has 0 saturated carbocycles. The Kier molecular flexibility index (Phi) is 4.38. The molecule has 1 heterocycles. The van der Waals surface area contributed by atoms with Gasteiger partial charge in [0.2, 0.25) is 5.88 Å². The van der Waals surface area contributed by atoms with Gasteiger partial charge < -0.3 is 15.4 Å². The first-order valence-corrected chi connectivity index (χ1v) is 6.19. The number of aromatic nitrogens is 2. The van der Waals surface area contributed by atoms with Gasteiger partial charge >= 0.3 is 0 Å². The maximum Gasteiger partial charge on any atom is 0.242 e. The van der Waals surface area contributed by atoms with E-state index in [0.29, 0.717) is 11.6 Å². The summed E-state index contributed by atoms with van der Waals surface area (Å²) in [6, 6.07) is 0. The van der Waals surface area contributed by atoms with Crippen LogP contribution in [0.15, 0.2) is 6.33 Å². The van der Waals surface area contributed by atoms with Gasteiger partial charge in [-0.25, -0.2) is 4.98 Å². The van der Waals surface area contributed by atoms with Crippen molar-refractivity contribution in [2.24, 2.45) is 5.41 Å².